The summed E-state index contributed by atoms with van der Waals surface area (Å²) >= 11 is 0. The number of ether oxygens (including phenoxy) is 3. The zero-order chi connectivity index (χ0) is 45.6. The number of unbranched alkanes of at least 4 members (excludes halogenated alkanes) is 21. The fraction of sp³-hybridized carbons (Fsp3) is 0.685. The van der Waals surface area contributed by atoms with Crippen LogP contribution in [0.1, 0.15) is 187 Å². The highest BCUT2D eigenvalue weighted by Gasteiger charge is 2.25. The van der Waals surface area contributed by atoms with E-state index in [2.05, 4.69) is 26.0 Å². The van der Waals surface area contributed by atoms with E-state index in [1.54, 1.807) is 21.1 Å². The number of rotatable bonds is 43. The lowest BCUT2D eigenvalue weighted by Gasteiger charge is -2.34. The summed E-state index contributed by atoms with van der Waals surface area (Å²) in [6.07, 6.45) is 57.5. The van der Waals surface area contributed by atoms with Crippen molar-refractivity contribution in [3.05, 3.63) is 85.1 Å². The maximum Gasteiger partial charge on any atom is 0.306 e. The number of carbonyl (C=O) groups is 3. The van der Waals surface area contributed by atoms with Gasteiger partial charge in [0.1, 0.15) is 12.6 Å². The number of carboxylic acid groups (broad SMARTS) is 1. The third-order valence-corrected chi connectivity index (χ3v) is 10.7. The Balaban J connectivity index is 4.37. The number of likely N-dealkylation sites (N-methyl/N-ethyl adjacent to an activating group) is 1. The predicted octanol–water partition coefficient (Wildman–Crippen LogP) is 12.7. The summed E-state index contributed by atoms with van der Waals surface area (Å²) < 4.78 is 17.2. The van der Waals surface area contributed by atoms with Crippen molar-refractivity contribution in [2.45, 2.75) is 199 Å². The molecule has 2 atom stereocenters. The van der Waals surface area contributed by atoms with Crippen LogP contribution in [0.5, 0.6) is 0 Å². The number of aliphatic carboxylic acids is 1. The Labute approximate surface area is 380 Å². The second-order valence-corrected chi connectivity index (χ2v) is 17.5. The van der Waals surface area contributed by atoms with Crippen molar-refractivity contribution in [2.75, 3.05) is 41.0 Å². The van der Waals surface area contributed by atoms with Gasteiger partial charge < -0.3 is 28.6 Å². The Morgan fingerprint density at radius 3 is 1.34 bits per heavy atom. The van der Waals surface area contributed by atoms with Gasteiger partial charge >= 0.3 is 11.9 Å². The first kappa shape index (κ1) is 58.5. The van der Waals surface area contributed by atoms with E-state index in [9.17, 15) is 19.5 Å². The molecule has 8 nitrogen and oxygen atoms in total. The maximum atomic E-state index is 12.8. The first-order valence-corrected chi connectivity index (χ1v) is 24.7. The quantitative estimate of drug-likeness (QED) is 0.0260. The molecule has 0 N–H and O–H groups in total. The van der Waals surface area contributed by atoms with Crippen molar-refractivity contribution in [2.24, 2.45) is 0 Å². The van der Waals surface area contributed by atoms with Crippen LogP contribution >= 0.6 is 0 Å². The third kappa shape index (κ3) is 41.8. The molecule has 0 heterocycles. The minimum absolute atomic E-state index is 0.0228. The fourth-order valence-corrected chi connectivity index (χ4v) is 6.94. The number of hydrogen-bond acceptors (Lipinski definition) is 7. The summed E-state index contributed by atoms with van der Waals surface area (Å²) in [5.41, 5.74) is 0. The molecule has 8 heteroatoms. The molecular weight excluding hydrogens is 775 g/mol. The van der Waals surface area contributed by atoms with E-state index in [-0.39, 0.29) is 42.7 Å². The van der Waals surface area contributed by atoms with Gasteiger partial charge in [-0.3, -0.25) is 9.59 Å². The molecule has 0 aliphatic rings. The number of esters is 2. The summed E-state index contributed by atoms with van der Waals surface area (Å²) in [6.45, 7) is 4.48. The molecule has 354 valence electrons. The minimum atomic E-state index is -1.13. The zero-order valence-corrected chi connectivity index (χ0v) is 40.3. The lowest BCUT2D eigenvalue weighted by atomic mass is 10.0. The normalized spacial score (nSPS) is 13.6. The van der Waals surface area contributed by atoms with Gasteiger partial charge in [0.05, 0.1) is 40.3 Å². The topological polar surface area (TPSA) is 102 Å². The first-order chi connectivity index (χ1) is 30.1. The van der Waals surface area contributed by atoms with Gasteiger partial charge in [-0.2, -0.15) is 0 Å². The Morgan fingerprint density at radius 1 is 0.500 bits per heavy atom. The number of hydrogen-bond donors (Lipinski definition) is 0. The van der Waals surface area contributed by atoms with Gasteiger partial charge in [-0.05, 0) is 32.1 Å². The van der Waals surface area contributed by atoms with Gasteiger partial charge in [0.2, 0.25) is 0 Å². The van der Waals surface area contributed by atoms with Crippen molar-refractivity contribution in [3.8, 4) is 0 Å². The Kier molecular flexibility index (Phi) is 41.6. The Morgan fingerprint density at radius 2 is 0.903 bits per heavy atom. The van der Waals surface area contributed by atoms with Crippen LogP contribution in [0.3, 0.4) is 0 Å². The Hall–Kier alpha value is -3.49. The molecule has 0 aliphatic carbocycles. The van der Waals surface area contributed by atoms with Crippen LogP contribution in [0, 0.1) is 0 Å². The summed E-state index contributed by atoms with van der Waals surface area (Å²) in [4.78, 5) is 37.0. The van der Waals surface area contributed by atoms with Crippen LogP contribution in [0.15, 0.2) is 85.1 Å². The molecule has 0 rings (SSSR count). The molecule has 0 aromatic carbocycles. The number of quaternary nitrogens is 1. The van der Waals surface area contributed by atoms with Gasteiger partial charge in [-0.25, -0.2) is 0 Å². The van der Waals surface area contributed by atoms with Gasteiger partial charge in [-0.1, -0.05) is 221 Å². The molecule has 0 radical (unpaired) electrons. The third-order valence-electron chi connectivity index (χ3n) is 10.7. The number of nitrogens with zero attached hydrogens (tertiary/aromatic N) is 1. The van der Waals surface area contributed by atoms with Gasteiger partial charge in [-0.15, -0.1) is 0 Å². The highest BCUT2D eigenvalue weighted by atomic mass is 16.6. The van der Waals surface area contributed by atoms with Crippen LogP contribution in [-0.2, 0) is 28.6 Å². The van der Waals surface area contributed by atoms with E-state index in [0.29, 0.717) is 19.3 Å². The van der Waals surface area contributed by atoms with Crippen molar-refractivity contribution in [3.63, 3.8) is 0 Å². The molecular formula is C54H91NO7. The lowest BCUT2D eigenvalue weighted by molar-refractivity contribution is -0.889. The molecule has 0 aromatic heterocycles. The highest BCUT2D eigenvalue weighted by molar-refractivity contribution is 5.70. The van der Waals surface area contributed by atoms with E-state index in [0.717, 1.165) is 44.9 Å². The average molecular weight is 866 g/mol. The van der Waals surface area contributed by atoms with Crippen LogP contribution < -0.4 is 5.11 Å². The van der Waals surface area contributed by atoms with Gasteiger partial charge in [0.25, 0.3) is 0 Å². The van der Waals surface area contributed by atoms with Gasteiger partial charge in [0, 0.05) is 19.3 Å². The monoisotopic (exact) mass is 866 g/mol. The van der Waals surface area contributed by atoms with Crippen LogP contribution in [0.2, 0.25) is 0 Å². The largest absolute Gasteiger partial charge is 0.544 e. The molecule has 0 amide bonds. The molecule has 2 unspecified atom stereocenters. The van der Waals surface area contributed by atoms with E-state index in [1.807, 2.05) is 72.9 Å². The molecule has 0 bridgehead atoms. The van der Waals surface area contributed by atoms with E-state index in [4.69, 9.17) is 14.2 Å². The second kappa shape index (κ2) is 44.1. The number of carboxylic acids is 1. The minimum Gasteiger partial charge on any atom is -0.544 e. The van der Waals surface area contributed by atoms with E-state index >= 15 is 0 Å². The molecule has 0 fully saturated rings. The van der Waals surface area contributed by atoms with Crippen molar-refractivity contribution >= 4 is 17.9 Å². The standard InChI is InChI=1S/C54H91NO7/c1-6-8-10-12-14-16-18-20-22-24-26-28-30-32-34-36-38-40-42-44-52(56)61-49-50(48-60-47-46-51(54(58)59)55(3,4)5)62-53(57)45-43-41-39-37-35-33-31-29-27-25-23-21-19-17-15-13-11-9-7-2/h8,10,12,14,16,18,20,22,24,26,28,30,32,34,50-51H,6-7,9,11,13,15,17,19,21,23,25,27,29,31,33,35-49H2,1-5H3/b10-8+,14-12+,18-16+,22-20+,26-24+,30-28+,34-32+. The highest BCUT2D eigenvalue weighted by Crippen LogP contribution is 2.16. The van der Waals surface area contributed by atoms with E-state index < -0.39 is 18.1 Å². The molecule has 0 spiro atoms. The van der Waals surface area contributed by atoms with E-state index in [1.165, 1.54) is 103 Å². The molecule has 0 saturated heterocycles. The predicted molar refractivity (Wildman–Crippen MR) is 258 cm³/mol. The van der Waals surface area contributed by atoms with Crippen LogP contribution in [0.4, 0.5) is 0 Å². The van der Waals surface area contributed by atoms with Crippen molar-refractivity contribution in [1.29, 1.82) is 0 Å². The zero-order valence-electron chi connectivity index (χ0n) is 40.3. The SMILES string of the molecule is CC/C=C/C=C/C=C/C=C/C=C/C=C/C=C/CCCCCC(=O)OCC(COCCC(C(=O)[O-])[N+](C)(C)C)OC(=O)CCCCCCCCCCCCCCCCCCCCC. The summed E-state index contributed by atoms with van der Waals surface area (Å²) in [6, 6.07) is -0.737. The van der Waals surface area contributed by atoms with Crippen LogP contribution in [0.25, 0.3) is 0 Å². The maximum absolute atomic E-state index is 12.8. The first-order valence-electron chi connectivity index (χ1n) is 24.7. The molecule has 0 aromatic rings. The second-order valence-electron chi connectivity index (χ2n) is 17.5. The number of allylic oxidation sites excluding steroid dienone is 14. The Bertz CT molecular complexity index is 1290. The summed E-state index contributed by atoms with van der Waals surface area (Å²) in [7, 11) is 5.39. The summed E-state index contributed by atoms with van der Waals surface area (Å²) in [5.74, 6) is -1.79. The van der Waals surface area contributed by atoms with Gasteiger partial charge in [0.15, 0.2) is 6.10 Å². The smallest absolute Gasteiger partial charge is 0.306 e. The van der Waals surface area contributed by atoms with Crippen LogP contribution in [-0.4, -0.2) is 75.5 Å². The lowest BCUT2D eigenvalue weighted by Crippen LogP contribution is -2.55. The average Bonchev–Trinajstić information content (AvgIpc) is 3.23. The number of carbonyl (C=O) groups excluding carboxylic acids is 3. The fourth-order valence-electron chi connectivity index (χ4n) is 6.94. The van der Waals surface area contributed by atoms with Crippen molar-refractivity contribution in [1.82, 2.24) is 0 Å². The molecule has 0 aliphatic heterocycles. The molecule has 0 saturated carbocycles. The summed E-state index contributed by atoms with van der Waals surface area (Å²) in [5, 5.41) is 11.7. The van der Waals surface area contributed by atoms with Crippen molar-refractivity contribution < 1.29 is 38.2 Å². The molecule has 62 heavy (non-hydrogen) atoms.